The van der Waals surface area contributed by atoms with Crippen molar-refractivity contribution in [2.45, 2.75) is 20.8 Å². The molecule has 0 saturated heterocycles. The third-order valence-electron chi connectivity index (χ3n) is 3.74. The SMILES string of the molecule is C=CC(=C)NC(=O)c1ccc(C)c(C#CC(C=C)=CC(C=NC)=C(C)C)c1. The summed E-state index contributed by atoms with van der Waals surface area (Å²) in [4.78, 5) is 16.3. The first-order valence-corrected chi connectivity index (χ1v) is 8.51. The molecule has 0 aliphatic carbocycles. The van der Waals surface area contributed by atoms with E-state index in [1.807, 2.05) is 32.9 Å². The number of carbonyl (C=O) groups is 1. The van der Waals surface area contributed by atoms with Crippen LogP contribution in [0, 0.1) is 18.8 Å². The van der Waals surface area contributed by atoms with E-state index >= 15 is 0 Å². The minimum absolute atomic E-state index is 0.242. The van der Waals surface area contributed by atoms with Crippen molar-refractivity contribution in [1.29, 1.82) is 0 Å². The van der Waals surface area contributed by atoms with E-state index in [4.69, 9.17) is 0 Å². The highest BCUT2D eigenvalue weighted by atomic mass is 16.1. The number of carbonyl (C=O) groups excluding carboxylic acids is 1. The van der Waals surface area contributed by atoms with Crippen molar-refractivity contribution in [2.75, 3.05) is 7.05 Å². The van der Waals surface area contributed by atoms with E-state index in [0.717, 1.165) is 27.8 Å². The summed E-state index contributed by atoms with van der Waals surface area (Å²) in [6.07, 6.45) is 6.94. The molecule has 0 heterocycles. The lowest BCUT2D eigenvalue weighted by Gasteiger charge is -2.06. The first-order chi connectivity index (χ1) is 12.8. The van der Waals surface area contributed by atoms with Gasteiger partial charge in [-0.3, -0.25) is 9.79 Å². The van der Waals surface area contributed by atoms with Gasteiger partial charge in [0.2, 0.25) is 0 Å². The van der Waals surface area contributed by atoms with Crippen LogP contribution in [0.25, 0.3) is 0 Å². The van der Waals surface area contributed by atoms with Crippen LogP contribution in [0.4, 0.5) is 0 Å². The Kier molecular flexibility index (Phi) is 8.48. The average molecular weight is 358 g/mol. The van der Waals surface area contributed by atoms with Gasteiger partial charge in [0.15, 0.2) is 0 Å². The van der Waals surface area contributed by atoms with E-state index in [0.29, 0.717) is 11.3 Å². The van der Waals surface area contributed by atoms with E-state index in [-0.39, 0.29) is 5.91 Å². The highest BCUT2D eigenvalue weighted by molar-refractivity contribution is 5.96. The lowest BCUT2D eigenvalue weighted by molar-refractivity contribution is 0.0967. The number of hydrogen-bond donors (Lipinski definition) is 1. The zero-order valence-corrected chi connectivity index (χ0v) is 16.5. The molecule has 1 aromatic rings. The number of rotatable bonds is 6. The molecule has 0 aliphatic heterocycles. The van der Waals surface area contributed by atoms with Crippen LogP contribution in [0.1, 0.15) is 35.3 Å². The van der Waals surface area contributed by atoms with Crippen LogP contribution < -0.4 is 5.32 Å². The molecule has 0 aliphatic rings. The van der Waals surface area contributed by atoms with E-state index in [2.05, 4.69) is 41.9 Å². The minimum atomic E-state index is -0.242. The van der Waals surface area contributed by atoms with Crippen molar-refractivity contribution in [3.63, 3.8) is 0 Å². The minimum Gasteiger partial charge on any atom is -0.323 e. The first kappa shape index (κ1) is 21.7. The molecule has 0 spiro atoms. The smallest absolute Gasteiger partial charge is 0.255 e. The van der Waals surface area contributed by atoms with E-state index < -0.39 is 0 Å². The molecule has 3 heteroatoms. The topological polar surface area (TPSA) is 41.5 Å². The number of benzene rings is 1. The second-order valence-corrected chi connectivity index (χ2v) is 6.11. The second-order valence-electron chi connectivity index (χ2n) is 6.11. The highest BCUT2D eigenvalue weighted by Crippen LogP contribution is 2.12. The first-order valence-electron chi connectivity index (χ1n) is 8.51. The predicted molar refractivity (Wildman–Crippen MR) is 116 cm³/mol. The molecule has 138 valence electrons. The molecule has 1 N–H and O–H groups in total. The molecule has 3 nitrogen and oxygen atoms in total. The number of nitrogens with zero attached hydrogens (tertiary/aromatic N) is 1. The number of amides is 1. The summed E-state index contributed by atoms with van der Waals surface area (Å²) in [6, 6.07) is 5.40. The molecule has 0 fully saturated rings. The molecular formula is C24H26N2O. The molecule has 27 heavy (non-hydrogen) atoms. The van der Waals surface area contributed by atoms with Gasteiger partial charge in [-0.25, -0.2) is 0 Å². The number of hydrogen-bond acceptors (Lipinski definition) is 2. The van der Waals surface area contributed by atoms with Gasteiger partial charge < -0.3 is 5.32 Å². The largest absolute Gasteiger partial charge is 0.323 e. The average Bonchev–Trinajstić information content (AvgIpc) is 2.64. The standard InChI is InChI=1S/C24H26N2O/c1-8-19(6)26-24(27)22-12-10-18(5)21(15-22)13-11-20(9-2)14-23(16-25-7)17(3)4/h8-10,12,14-16H,1-2,6H2,3-5,7H3,(H,26,27). The molecule has 1 amide bonds. The Morgan fingerprint density at radius 1 is 1.22 bits per heavy atom. The summed E-state index contributed by atoms with van der Waals surface area (Å²) < 4.78 is 0. The molecule has 0 bridgehead atoms. The second kappa shape index (κ2) is 10.6. The summed E-state index contributed by atoms with van der Waals surface area (Å²) in [5.41, 5.74) is 5.65. The Labute approximate surface area is 162 Å². The molecule has 0 aromatic heterocycles. The maximum absolute atomic E-state index is 12.2. The number of allylic oxidation sites excluding steroid dienone is 6. The van der Waals surface area contributed by atoms with Crippen molar-refractivity contribution in [1.82, 2.24) is 5.32 Å². The van der Waals surface area contributed by atoms with Gasteiger partial charge in [-0.1, -0.05) is 49.3 Å². The third-order valence-corrected chi connectivity index (χ3v) is 3.74. The van der Waals surface area contributed by atoms with Crippen molar-refractivity contribution >= 4 is 12.1 Å². The Balaban J connectivity index is 3.25. The van der Waals surface area contributed by atoms with Gasteiger partial charge in [0, 0.05) is 35.7 Å². The summed E-state index contributed by atoms with van der Waals surface area (Å²) in [5, 5.41) is 2.67. The number of aryl methyl sites for hydroxylation is 1. The van der Waals surface area contributed by atoms with Crippen LogP contribution in [0.5, 0.6) is 0 Å². The molecular weight excluding hydrogens is 332 g/mol. The van der Waals surface area contributed by atoms with Crippen LogP contribution in [-0.2, 0) is 0 Å². The quantitative estimate of drug-likeness (QED) is 0.437. The van der Waals surface area contributed by atoms with Crippen molar-refractivity contribution in [3.8, 4) is 11.8 Å². The summed E-state index contributed by atoms with van der Waals surface area (Å²) >= 11 is 0. The lowest BCUT2D eigenvalue weighted by Crippen LogP contribution is -2.21. The Bertz CT molecular complexity index is 911. The third kappa shape index (κ3) is 6.80. The van der Waals surface area contributed by atoms with Gasteiger partial charge in [0.05, 0.1) is 0 Å². The maximum Gasteiger partial charge on any atom is 0.255 e. The summed E-state index contributed by atoms with van der Waals surface area (Å²) in [6.45, 7) is 17.1. The fraction of sp³-hybridized carbons (Fsp3) is 0.167. The van der Waals surface area contributed by atoms with Crippen LogP contribution in [-0.4, -0.2) is 19.2 Å². The maximum atomic E-state index is 12.2. The van der Waals surface area contributed by atoms with Crippen LogP contribution in [0.15, 0.2) is 83.6 Å². The van der Waals surface area contributed by atoms with E-state index in [1.54, 1.807) is 31.5 Å². The Morgan fingerprint density at radius 3 is 2.48 bits per heavy atom. The lowest BCUT2D eigenvalue weighted by atomic mass is 10.0. The van der Waals surface area contributed by atoms with Crippen LogP contribution in [0.2, 0.25) is 0 Å². The van der Waals surface area contributed by atoms with E-state index in [1.165, 1.54) is 6.08 Å². The van der Waals surface area contributed by atoms with Gasteiger partial charge in [-0.05, 0) is 56.2 Å². The molecule has 0 unspecified atom stereocenters. The number of aliphatic imine (C=N–C) groups is 1. The zero-order valence-electron chi connectivity index (χ0n) is 16.5. The molecule has 0 saturated carbocycles. The molecule has 0 atom stereocenters. The fourth-order valence-corrected chi connectivity index (χ4v) is 2.07. The van der Waals surface area contributed by atoms with Gasteiger partial charge in [-0.2, -0.15) is 0 Å². The van der Waals surface area contributed by atoms with Gasteiger partial charge in [0.25, 0.3) is 5.91 Å². The molecule has 1 rings (SSSR count). The molecule has 1 aromatic carbocycles. The molecule has 0 radical (unpaired) electrons. The van der Waals surface area contributed by atoms with Crippen LogP contribution >= 0.6 is 0 Å². The zero-order chi connectivity index (χ0) is 20.4. The van der Waals surface area contributed by atoms with Gasteiger partial charge in [-0.15, -0.1) is 0 Å². The predicted octanol–water partition coefficient (Wildman–Crippen LogP) is 4.93. The van der Waals surface area contributed by atoms with E-state index in [9.17, 15) is 4.79 Å². The van der Waals surface area contributed by atoms with Crippen molar-refractivity contribution < 1.29 is 4.79 Å². The Morgan fingerprint density at radius 2 is 1.93 bits per heavy atom. The van der Waals surface area contributed by atoms with Crippen LogP contribution in [0.3, 0.4) is 0 Å². The fourth-order valence-electron chi connectivity index (χ4n) is 2.07. The summed E-state index contributed by atoms with van der Waals surface area (Å²) in [5.74, 6) is 6.01. The highest BCUT2D eigenvalue weighted by Gasteiger charge is 2.07. The van der Waals surface area contributed by atoms with Crippen molar-refractivity contribution in [3.05, 3.63) is 95.3 Å². The Hall–Kier alpha value is -3.38. The summed E-state index contributed by atoms with van der Waals surface area (Å²) in [7, 11) is 1.73. The monoisotopic (exact) mass is 358 g/mol. The van der Waals surface area contributed by atoms with Gasteiger partial charge >= 0.3 is 0 Å². The van der Waals surface area contributed by atoms with Gasteiger partial charge in [0.1, 0.15) is 0 Å². The number of nitrogens with one attached hydrogen (secondary N) is 1. The normalized spacial score (nSPS) is 10.6. The van der Waals surface area contributed by atoms with Crippen molar-refractivity contribution in [2.24, 2.45) is 4.99 Å².